The lowest BCUT2D eigenvalue weighted by atomic mass is 10.4. The summed E-state index contributed by atoms with van der Waals surface area (Å²) < 4.78 is 27.8. The van der Waals surface area contributed by atoms with E-state index >= 15 is 0 Å². The van der Waals surface area contributed by atoms with E-state index in [1.54, 1.807) is 6.92 Å². The number of nitrogens with zero attached hydrogens (tertiary/aromatic N) is 1. The Labute approximate surface area is 122 Å². The number of aromatic carboxylic acids is 1. The molecule has 0 saturated heterocycles. The Bertz CT molecular complexity index is 614. The van der Waals surface area contributed by atoms with Gasteiger partial charge in [-0.1, -0.05) is 5.92 Å². The highest BCUT2D eigenvalue weighted by molar-refractivity contribution is 7.99. The SMILES string of the molecule is C#CCSCCNS(=O)(=O)c1cc(C(=O)O)n(CC)c1. The fraction of sp³-hybridized carbons (Fsp3) is 0.417. The first-order chi connectivity index (χ1) is 9.42. The summed E-state index contributed by atoms with van der Waals surface area (Å²) in [4.78, 5) is 11.0. The first-order valence-corrected chi connectivity index (χ1v) is 8.50. The number of thioether (sulfide) groups is 1. The summed E-state index contributed by atoms with van der Waals surface area (Å²) in [5, 5.41) is 8.99. The van der Waals surface area contributed by atoms with Crippen molar-refractivity contribution >= 4 is 27.8 Å². The summed E-state index contributed by atoms with van der Waals surface area (Å²) in [7, 11) is -3.69. The van der Waals surface area contributed by atoms with Crippen molar-refractivity contribution in [2.45, 2.75) is 18.4 Å². The van der Waals surface area contributed by atoms with Crippen molar-refractivity contribution < 1.29 is 18.3 Å². The molecule has 8 heteroatoms. The lowest BCUT2D eigenvalue weighted by molar-refractivity contribution is 0.0685. The van der Waals surface area contributed by atoms with E-state index in [2.05, 4.69) is 10.6 Å². The van der Waals surface area contributed by atoms with Crippen LogP contribution in [0.1, 0.15) is 17.4 Å². The monoisotopic (exact) mass is 316 g/mol. The third-order valence-corrected chi connectivity index (χ3v) is 4.76. The molecule has 0 radical (unpaired) electrons. The summed E-state index contributed by atoms with van der Waals surface area (Å²) in [6.07, 6.45) is 6.40. The van der Waals surface area contributed by atoms with Crippen molar-refractivity contribution in [2.24, 2.45) is 0 Å². The third kappa shape index (κ3) is 4.30. The van der Waals surface area contributed by atoms with Crippen LogP contribution in [0.2, 0.25) is 0 Å². The predicted octanol–water partition coefficient (Wildman–Crippen LogP) is 0.851. The maximum Gasteiger partial charge on any atom is 0.352 e. The molecular formula is C12H16N2O4S2. The zero-order valence-electron chi connectivity index (χ0n) is 11.0. The van der Waals surface area contributed by atoms with E-state index in [0.717, 1.165) is 6.07 Å². The highest BCUT2D eigenvalue weighted by Crippen LogP contribution is 2.14. The zero-order chi connectivity index (χ0) is 15.2. The summed E-state index contributed by atoms with van der Waals surface area (Å²) in [6.45, 7) is 2.37. The second-order valence-corrected chi connectivity index (χ2v) is 6.68. The smallest absolute Gasteiger partial charge is 0.352 e. The molecule has 110 valence electrons. The molecule has 1 heterocycles. The van der Waals surface area contributed by atoms with Crippen LogP contribution in [-0.4, -0.2) is 42.1 Å². The molecule has 0 fully saturated rings. The molecule has 0 aromatic carbocycles. The normalized spacial score (nSPS) is 11.2. The van der Waals surface area contributed by atoms with Crippen LogP contribution in [0, 0.1) is 12.3 Å². The Morgan fingerprint density at radius 3 is 2.80 bits per heavy atom. The minimum absolute atomic E-state index is 0.0429. The average molecular weight is 316 g/mol. The van der Waals surface area contributed by atoms with Gasteiger partial charge in [0.1, 0.15) is 10.6 Å². The molecule has 0 aliphatic rings. The molecule has 0 unspecified atom stereocenters. The Morgan fingerprint density at radius 2 is 2.30 bits per heavy atom. The van der Waals surface area contributed by atoms with Gasteiger partial charge in [0, 0.05) is 25.0 Å². The lowest BCUT2D eigenvalue weighted by Gasteiger charge is -2.03. The van der Waals surface area contributed by atoms with Crippen LogP contribution in [0.5, 0.6) is 0 Å². The molecule has 1 rings (SSSR count). The summed E-state index contributed by atoms with van der Waals surface area (Å²) in [6, 6.07) is 1.16. The number of rotatable bonds is 8. The van der Waals surface area contributed by atoms with Gasteiger partial charge in [-0.25, -0.2) is 17.9 Å². The molecule has 0 spiro atoms. The number of aromatic nitrogens is 1. The zero-order valence-corrected chi connectivity index (χ0v) is 12.6. The number of aryl methyl sites for hydroxylation is 1. The molecule has 0 aliphatic heterocycles. The number of nitrogens with one attached hydrogen (secondary N) is 1. The average Bonchev–Trinajstić information content (AvgIpc) is 2.83. The van der Waals surface area contributed by atoms with Crippen LogP contribution in [0.15, 0.2) is 17.2 Å². The van der Waals surface area contributed by atoms with Gasteiger partial charge >= 0.3 is 5.97 Å². The third-order valence-electron chi connectivity index (χ3n) is 2.47. The van der Waals surface area contributed by atoms with Gasteiger partial charge in [0.25, 0.3) is 0 Å². The first kappa shape index (κ1) is 16.6. The minimum atomic E-state index is -3.69. The van der Waals surface area contributed by atoms with Crippen molar-refractivity contribution in [3.05, 3.63) is 18.0 Å². The van der Waals surface area contributed by atoms with Crippen molar-refractivity contribution in [1.82, 2.24) is 9.29 Å². The van der Waals surface area contributed by atoms with E-state index < -0.39 is 16.0 Å². The van der Waals surface area contributed by atoms with Gasteiger partial charge in [0.2, 0.25) is 10.0 Å². The molecule has 0 amide bonds. The highest BCUT2D eigenvalue weighted by atomic mass is 32.2. The van der Waals surface area contributed by atoms with E-state index in [4.69, 9.17) is 11.5 Å². The van der Waals surface area contributed by atoms with E-state index in [9.17, 15) is 13.2 Å². The van der Waals surface area contributed by atoms with Crippen LogP contribution in [-0.2, 0) is 16.6 Å². The van der Waals surface area contributed by atoms with Crippen molar-refractivity contribution in [2.75, 3.05) is 18.1 Å². The van der Waals surface area contributed by atoms with Crippen LogP contribution in [0.4, 0.5) is 0 Å². The number of carboxylic acids is 1. The van der Waals surface area contributed by atoms with Gasteiger partial charge in [0.15, 0.2) is 0 Å². The Morgan fingerprint density at radius 1 is 1.60 bits per heavy atom. The molecule has 1 aromatic heterocycles. The summed E-state index contributed by atoms with van der Waals surface area (Å²) in [5.74, 6) is 2.37. The van der Waals surface area contributed by atoms with Crippen LogP contribution < -0.4 is 4.72 Å². The van der Waals surface area contributed by atoms with Crippen LogP contribution >= 0.6 is 11.8 Å². The molecule has 2 N–H and O–H groups in total. The van der Waals surface area contributed by atoms with Crippen LogP contribution in [0.3, 0.4) is 0 Å². The lowest BCUT2D eigenvalue weighted by Crippen LogP contribution is -2.25. The molecule has 0 bridgehead atoms. The van der Waals surface area contributed by atoms with Gasteiger partial charge < -0.3 is 9.67 Å². The number of carboxylic acid groups (broad SMARTS) is 1. The van der Waals surface area contributed by atoms with Gasteiger partial charge in [0.05, 0.1) is 5.75 Å². The number of sulfonamides is 1. The first-order valence-electron chi connectivity index (χ1n) is 5.86. The van der Waals surface area contributed by atoms with Crippen molar-refractivity contribution in [1.29, 1.82) is 0 Å². The predicted molar refractivity (Wildman–Crippen MR) is 78.4 cm³/mol. The summed E-state index contributed by atoms with van der Waals surface area (Å²) in [5.41, 5.74) is -0.0467. The van der Waals surface area contributed by atoms with Crippen molar-refractivity contribution in [3.63, 3.8) is 0 Å². The van der Waals surface area contributed by atoms with Gasteiger partial charge in [-0.05, 0) is 13.0 Å². The molecule has 0 aliphatic carbocycles. The quantitative estimate of drug-likeness (QED) is 0.548. The Kier molecular flexibility index (Phi) is 6.13. The fourth-order valence-corrected chi connectivity index (χ4v) is 3.24. The second-order valence-electron chi connectivity index (χ2n) is 3.81. The summed E-state index contributed by atoms with van der Waals surface area (Å²) >= 11 is 1.44. The molecule has 20 heavy (non-hydrogen) atoms. The van der Waals surface area contributed by atoms with Gasteiger partial charge in [-0.2, -0.15) is 0 Å². The Hall–Kier alpha value is -1.43. The minimum Gasteiger partial charge on any atom is -0.477 e. The van der Waals surface area contributed by atoms with E-state index in [0.29, 0.717) is 18.1 Å². The van der Waals surface area contributed by atoms with Crippen LogP contribution in [0.25, 0.3) is 0 Å². The maximum atomic E-state index is 12.0. The number of hydrogen-bond acceptors (Lipinski definition) is 4. The van der Waals surface area contributed by atoms with Crippen molar-refractivity contribution in [3.8, 4) is 12.3 Å². The fourth-order valence-electron chi connectivity index (χ4n) is 1.53. The van der Waals surface area contributed by atoms with E-state index in [1.165, 1.54) is 22.5 Å². The standard InChI is InChI=1S/C12H16N2O4S2/c1-3-6-19-7-5-13-20(17,18)10-8-11(12(15)16)14(4-2)9-10/h1,8-9,13H,4-7H2,2H3,(H,15,16). The molecule has 0 atom stereocenters. The maximum absolute atomic E-state index is 12.0. The number of terminal acetylenes is 1. The Balaban J connectivity index is 2.78. The van der Waals surface area contributed by atoms with Gasteiger partial charge in [-0.3, -0.25) is 0 Å². The number of carbonyl (C=O) groups is 1. The topological polar surface area (TPSA) is 88.4 Å². The molecule has 6 nitrogen and oxygen atoms in total. The largest absolute Gasteiger partial charge is 0.477 e. The van der Waals surface area contributed by atoms with E-state index in [1.807, 2.05) is 0 Å². The second kappa shape index (κ2) is 7.38. The highest BCUT2D eigenvalue weighted by Gasteiger charge is 2.20. The van der Waals surface area contributed by atoms with Gasteiger partial charge in [-0.15, -0.1) is 18.2 Å². The molecule has 1 aromatic rings. The molecule has 0 saturated carbocycles. The molecular weight excluding hydrogens is 300 g/mol. The number of hydrogen-bond donors (Lipinski definition) is 2. The van der Waals surface area contributed by atoms with E-state index in [-0.39, 0.29) is 17.1 Å².